The van der Waals surface area contributed by atoms with Crippen LogP contribution < -0.4 is 11.1 Å². The summed E-state index contributed by atoms with van der Waals surface area (Å²) in [4.78, 5) is 28.5. The molecule has 3 atom stereocenters. The second-order valence-corrected chi connectivity index (χ2v) is 7.90. The highest BCUT2D eigenvalue weighted by molar-refractivity contribution is 7.18. The van der Waals surface area contributed by atoms with Gasteiger partial charge in [0.1, 0.15) is 10.5 Å². The number of carbonyl (C=O) groups is 2. The number of hydrogen-bond donors (Lipinski definition) is 3. The van der Waals surface area contributed by atoms with Crippen molar-refractivity contribution in [3.63, 3.8) is 0 Å². The average molecular weight is 347 g/mol. The van der Waals surface area contributed by atoms with Crippen LogP contribution in [-0.4, -0.2) is 27.5 Å². The van der Waals surface area contributed by atoms with Crippen LogP contribution in [-0.2, 0) is 9.59 Å². The molecule has 1 aliphatic heterocycles. The van der Waals surface area contributed by atoms with Gasteiger partial charge in [-0.15, -0.1) is 11.3 Å². The third-order valence-electron chi connectivity index (χ3n) is 4.51. The van der Waals surface area contributed by atoms with E-state index >= 15 is 0 Å². The van der Waals surface area contributed by atoms with Crippen LogP contribution >= 0.6 is 11.3 Å². The lowest BCUT2D eigenvalue weighted by Crippen LogP contribution is -2.49. The van der Waals surface area contributed by atoms with Crippen LogP contribution in [0, 0.1) is 11.8 Å². The molecule has 0 saturated carbocycles. The molecule has 128 valence electrons. The third kappa shape index (κ3) is 2.89. The van der Waals surface area contributed by atoms with Crippen molar-refractivity contribution < 1.29 is 14.7 Å². The first kappa shape index (κ1) is 16.9. The maximum Gasteiger partial charge on any atom is 0.323 e. The minimum absolute atomic E-state index is 0.177. The molecule has 1 aromatic heterocycles. The maximum absolute atomic E-state index is 12.0. The SMILES string of the molecule is CC(C)C[C@@]1(C(=O)O)C[C@H](C(N)=O)[C@H](c2nc3ccccc3s2)N1. The summed E-state index contributed by atoms with van der Waals surface area (Å²) in [6, 6.07) is 7.23. The van der Waals surface area contributed by atoms with Crippen LogP contribution in [0.2, 0.25) is 0 Å². The van der Waals surface area contributed by atoms with Crippen LogP contribution in [0.15, 0.2) is 24.3 Å². The number of benzene rings is 1. The van der Waals surface area contributed by atoms with E-state index in [9.17, 15) is 14.7 Å². The zero-order chi connectivity index (χ0) is 17.5. The number of nitrogens with one attached hydrogen (secondary N) is 1. The smallest absolute Gasteiger partial charge is 0.323 e. The minimum Gasteiger partial charge on any atom is -0.480 e. The number of carboxylic acids is 1. The number of nitrogens with two attached hydrogens (primary N) is 1. The van der Waals surface area contributed by atoms with Gasteiger partial charge in [0.2, 0.25) is 5.91 Å². The van der Waals surface area contributed by atoms with E-state index in [0.29, 0.717) is 11.4 Å². The number of rotatable bonds is 5. The molecule has 2 heterocycles. The summed E-state index contributed by atoms with van der Waals surface area (Å²) in [6.45, 7) is 3.94. The Balaban J connectivity index is 2.01. The molecule has 0 aliphatic carbocycles. The lowest BCUT2D eigenvalue weighted by atomic mass is 9.84. The average Bonchev–Trinajstić information content (AvgIpc) is 3.08. The number of thiazole rings is 1. The van der Waals surface area contributed by atoms with E-state index in [1.807, 2.05) is 38.1 Å². The number of aliphatic carboxylic acids is 1. The summed E-state index contributed by atoms with van der Waals surface area (Å²) in [5.74, 6) is -1.83. The van der Waals surface area contributed by atoms with E-state index in [0.717, 1.165) is 10.2 Å². The molecule has 2 aromatic rings. The summed E-state index contributed by atoms with van der Waals surface area (Å²) >= 11 is 1.47. The Hall–Kier alpha value is -1.99. The summed E-state index contributed by atoms with van der Waals surface area (Å²) < 4.78 is 1.01. The highest BCUT2D eigenvalue weighted by atomic mass is 32.1. The van der Waals surface area contributed by atoms with Crippen molar-refractivity contribution in [1.29, 1.82) is 0 Å². The van der Waals surface area contributed by atoms with Gasteiger partial charge in [-0.05, 0) is 30.9 Å². The fourth-order valence-corrected chi connectivity index (χ4v) is 4.63. The van der Waals surface area contributed by atoms with Crippen molar-refractivity contribution in [2.75, 3.05) is 0 Å². The number of aromatic nitrogens is 1. The van der Waals surface area contributed by atoms with Crippen molar-refractivity contribution in [1.82, 2.24) is 10.3 Å². The van der Waals surface area contributed by atoms with Crippen LogP contribution in [0.4, 0.5) is 0 Å². The summed E-state index contributed by atoms with van der Waals surface area (Å²) in [5, 5.41) is 13.7. The predicted octanol–water partition coefficient (Wildman–Crippen LogP) is 2.30. The molecule has 0 bridgehead atoms. The van der Waals surface area contributed by atoms with Crippen molar-refractivity contribution in [2.45, 2.75) is 38.3 Å². The molecule has 0 radical (unpaired) electrons. The monoisotopic (exact) mass is 347 g/mol. The Morgan fingerprint density at radius 3 is 2.75 bits per heavy atom. The molecule has 4 N–H and O–H groups in total. The number of fused-ring (bicyclic) bond motifs is 1. The maximum atomic E-state index is 12.0. The Bertz CT molecular complexity index is 755. The van der Waals surface area contributed by atoms with Gasteiger partial charge in [0.05, 0.1) is 22.2 Å². The largest absolute Gasteiger partial charge is 0.480 e. The zero-order valence-corrected chi connectivity index (χ0v) is 14.5. The van der Waals surface area contributed by atoms with Gasteiger partial charge in [0.15, 0.2) is 0 Å². The Kier molecular flexibility index (Phi) is 4.31. The van der Waals surface area contributed by atoms with Crippen molar-refractivity contribution >= 4 is 33.4 Å². The van der Waals surface area contributed by atoms with Crippen LogP contribution in [0.5, 0.6) is 0 Å². The molecule has 1 saturated heterocycles. The molecular weight excluding hydrogens is 326 g/mol. The fourth-order valence-electron chi connectivity index (χ4n) is 3.55. The van der Waals surface area contributed by atoms with E-state index in [1.54, 1.807) is 0 Å². The number of carboxylic acid groups (broad SMARTS) is 1. The highest BCUT2D eigenvalue weighted by Crippen LogP contribution is 2.43. The molecule has 24 heavy (non-hydrogen) atoms. The van der Waals surface area contributed by atoms with Crippen molar-refractivity contribution in [3.8, 4) is 0 Å². The van der Waals surface area contributed by atoms with E-state index < -0.39 is 29.4 Å². The lowest BCUT2D eigenvalue weighted by Gasteiger charge is -2.27. The highest BCUT2D eigenvalue weighted by Gasteiger charge is 2.53. The lowest BCUT2D eigenvalue weighted by molar-refractivity contribution is -0.145. The number of para-hydroxylation sites is 1. The van der Waals surface area contributed by atoms with Crippen LogP contribution in [0.1, 0.15) is 37.7 Å². The number of hydrogen-bond acceptors (Lipinski definition) is 5. The normalized spacial score (nSPS) is 27.0. The summed E-state index contributed by atoms with van der Waals surface area (Å²) in [7, 11) is 0. The molecule has 1 amide bonds. The standard InChI is InChI=1S/C17H21N3O3S/c1-9(2)7-17(16(22)23)8-10(14(18)21)13(20-17)15-19-11-5-3-4-6-12(11)24-15/h3-6,9-10,13,20H,7-8H2,1-2H3,(H2,18,21)(H,22,23)/t10-,13+,17-/m0/s1. The first-order valence-electron chi connectivity index (χ1n) is 7.98. The molecule has 6 nitrogen and oxygen atoms in total. The molecule has 1 aliphatic rings. The number of nitrogens with zero attached hydrogens (tertiary/aromatic N) is 1. The van der Waals surface area contributed by atoms with E-state index in [-0.39, 0.29) is 12.3 Å². The Morgan fingerprint density at radius 1 is 1.46 bits per heavy atom. The molecule has 1 fully saturated rings. The fraction of sp³-hybridized carbons (Fsp3) is 0.471. The second kappa shape index (κ2) is 6.14. The predicted molar refractivity (Wildman–Crippen MR) is 92.6 cm³/mol. The van der Waals surface area contributed by atoms with Crippen LogP contribution in [0.3, 0.4) is 0 Å². The van der Waals surface area contributed by atoms with Gasteiger partial charge in [-0.25, -0.2) is 4.98 Å². The summed E-state index contributed by atoms with van der Waals surface area (Å²) in [5.41, 5.74) is 5.28. The Labute approximate surface area is 144 Å². The van der Waals surface area contributed by atoms with Gasteiger partial charge in [-0.3, -0.25) is 14.9 Å². The van der Waals surface area contributed by atoms with E-state index in [2.05, 4.69) is 10.3 Å². The van der Waals surface area contributed by atoms with Gasteiger partial charge in [-0.2, -0.15) is 0 Å². The first-order chi connectivity index (χ1) is 11.3. The third-order valence-corrected chi connectivity index (χ3v) is 5.63. The van der Waals surface area contributed by atoms with E-state index in [4.69, 9.17) is 5.73 Å². The Morgan fingerprint density at radius 2 is 2.17 bits per heavy atom. The first-order valence-corrected chi connectivity index (χ1v) is 8.80. The molecule has 7 heteroatoms. The molecular formula is C17H21N3O3S. The van der Waals surface area contributed by atoms with Crippen molar-refractivity contribution in [3.05, 3.63) is 29.3 Å². The van der Waals surface area contributed by atoms with Gasteiger partial charge >= 0.3 is 5.97 Å². The summed E-state index contributed by atoms with van der Waals surface area (Å²) in [6.07, 6.45) is 0.629. The van der Waals surface area contributed by atoms with Gasteiger partial charge in [-0.1, -0.05) is 26.0 Å². The van der Waals surface area contributed by atoms with Gasteiger partial charge in [0, 0.05) is 0 Å². The topological polar surface area (TPSA) is 105 Å². The molecule has 0 spiro atoms. The van der Waals surface area contributed by atoms with Crippen molar-refractivity contribution in [2.24, 2.45) is 17.6 Å². The van der Waals surface area contributed by atoms with Gasteiger partial charge in [0.25, 0.3) is 0 Å². The molecule has 0 unspecified atom stereocenters. The zero-order valence-electron chi connectivity index (χ0n) is 13.7. The minimum atomic E-state index is -1.14. The quantitative estimate of drug-likeness (QED) is 0.770. The molecule has 1 aromatic carbocycles. The molecule has 3 rings (SSSR count). The second-order valence-electron chi connectivity index (χ2n) is 6.84. The number of amides is 1. The van der Waals surface area contributed by atoms with Crippen LogP contribution in [0.25, 0.3) is 10.2 Å². The van der Waals surface area contributed by atoms with Gasteiger partial charge < -0.3 is 10.8 Å². The van der Waals surface area contributed by atoms with E-state index in [1.165, 1.54) is 11.3 Å². The number of primary amides is 1. The number of carbonyl (C=O) groups excluding carboxylic acids is 1.